The van der Waals surface area contributed by atoms with E-state index in [4.69, 9.17) is 0 Å². The molecule has 3 heterocycles. The van der Waals surface area contributed by atoms with Crippen molar-refractivity contribution in [2.75, 3.05) is 0 Å². The second-order valence-electron chi connectivity index (χ2n) is 0.916. The first kappa shape index (κ1) is 3.99. The molecule has 3 fully saturated rings. The number of hydrogen-bond acceptors (Lipinski definition) is 4. The zero-order chi connectivity index (χ0) is 4.20. The van der Waals surface area contributed by atoms with Crippen molar-refractivity contribution in [1.82, 2.24) is 0 Å². The van der Waals surface area contributed by atoms with Crippen molar-refractivity contribution < 1.29 is 9.75 Å². The molecule has 0 unspecified atom stereocenters. The van der Waals surface area contributed by atoms with Gasteiger partial charge < -0.3 is 0 Å². The van der Waals surface area contributed by atoms with E-state index in [9.17, 15) is 3.74 Å². The Morgan fingerprint density at radius 1 is 1.33 bits per heavy atom. The molecule has 4 nitrogen and oxygen atoms in total. The molecule has 3 aliphatic heterocycles. The third kappa shape index (κ3) is 0.323. The van der Waals surface area contributed by atoms with Gasteiger partial charge in [0.15, 0.2) is 0 Å². The van der Waals surface area contributed by atoms with E-state index in [2.05, 4.69) is 6.01 Å². The van der Waals surface area contributed by atoms with Crippen LogP contribution in [0.25, 0.3) is 0 Å². The van der Waals surface area contributed by atoms with Gasteiger partial charge in [-0.15, -0.1) is 0 Å². The van der Waals surface area contributed by atoms with E-state index in [1.807, 2.05) is 0 Å². The van der Waals surface area contributed by atoms with E-state index in [0.717, 1.165) is 0 Å². The zero-order valence-corrected chi connectivity index (χ0v) is 6.96. The molecular weight excluding hydrogens is 261 g/mol. The van der Waals surface area contributed by atoms with Crippen LogP contribution < -0.4 is 0 Å². The first-order chi connectivity index (χ1) is 2.79. The summed E-state index contributed by atoms with van der Waals surface area (Å²) in [6.45, 7) is 0. The van der Waals surface area contributed by atoms with Gasteiger partial charge in [0, 0.05) is 0 Å². The van der Waals surface area contributed by atoms with Gasteiger partial charge in [-0.25, -0.2) is 0 Å². The predicted octanol–water partition coefficient (Wildman–Crippen LogP) is -1.09. The predicted molar refractivity (Wildman–Crippen MR) is 15.4 cm³/mol. The van der Waals surface area contributed by atoms with Crippen molar-refractivity contribution in [3.8, 4) is 0 Å². The minimum atomic E-state index is -3.25. The quantitative estimate of drug-likeness (QED) is 0.520. The van der Waals surface area contributed by atoms with Crippen LogP contribution in [0.15, 0.2) is 0 Å². The number of rotatable bonds is 0. The molecule has 0 N–H and O–H groups in total. The van der Waals surface area contributed by atoms with Crippen molar-refractivity contribution in [2.45, 2.75) is 0 Å². The summed E-state index contributed by atoms with van der Waals surface area (Å²) >= 11 is -5.22. The van der Waals surface area contributed by atoms with Gasteiger partial charge in [0.2, 0.25) is 0 Å². The van der Waals surface area contributed by atoms with E-state index in [0.29, 0.717) is 0 Å². The van der Waals surface area contributed by atoms with Crippen molar-refractivity contribution in [1.29, 1.82) is 0 Å². The van der Waals surface area contributed by atoms with Crippen molar-refractivity contribution in [2.24, 2.45) is 0 Å². The molecule has 34 valence electrons. The van der Waals surface area contributed by atoms with Crippen molar-refractivity contribution in [3.63, 3.8) is 0 Å². The molecular formula is AsO4Sb. The monoisotopic (exact) mass is 260 g/mol. The fourth-order valence-electron chi connectivity index (χ4n) is 0.263. The van der Waals surface area contributed by atoms with E-state index >= 15 is 0 Å². The summed E-state index contributed by atoms with van der Waals surface area (Å²) in [4.78, 5) is 0. The normalized spacial score (nSPS) is 37.3. The van der Waals surface area contributed by atoms with E-state index in [1.165, 1.54) is 0 Å². The Kier molecular flexibility index (Phi) is 0.604. The van der Waals surface area contributed by atoms with Crippen LogP contribution in [-0.4, -0.2) is 36.0 Å². The summed E-state index contributed by atoms with van der Waals surface area (Å²) in [5.74, 6) is 0. The Balaban J connectivity index is 2.39. The Labute approximate surface area is 45.7 Å². The molecule has 0 amide bonds. The maximum atomic E-state index is 10.2. The zero-order valence-electron chi connectivity index (χ0n) is 2.53. The summed E-state index contributed by atoms with van der Waals surface area (Å²) in [5, 5.41) is 0. The third-order valence-electron chi connectivity index (χ3n) is 0.500. The van der Waals surface area contributed by atoms with Crippen LogP contribution >= 0.6 is 0 Å². The molecule has 0 aromatic carbocycles. The summed E-state index contributed by atoms with van der Waals surface area (Å²) < 4.78 is 23.9. The minimum absolute atomic E-state index is 1.97. The topological polar surface area (TPSA) is 44.8 Å². The maximum absolute atomic E-state index is 10.2. The van der Waals surface area contributed by atoms with Crippen LogP contribution in [0.1, 0.15) is 0 Å². The molecule has 0 atom stereocenters. The van der Waals surface area contributed by atoms with E-state index in [-0.39, 0.29) is 0 Å². The molecule has 2 bridgehead atoms. The molecule has 3 aliphatic rings. The standard InChI is InChI=1S/AsH3O4.Sb/c2-1(3,4)5;/h(H3,2,3,4,5);/q;+3/p-3. The van der Waals surface area contributed by atoms with Gasteiger partial charge in [-0.05, 0) is 0 Å². The second kappa shape index (κ2) is 0.908. The Morgan fingerprint density at radius 3 is 1.67 bits per heavy atom. The van der Waals surface area contributed by atoms with Crippen LogP contribution in [0.5, 0.6) is 0 Å². The molecule has 0 radical (unpaired) electrons. The first-order valence-electron chi connectivity index (χ1n) is 1.28. The van der Waals surface area contributed by atoms with Gasteiger partial charge in [0.05, 0.1) is 0 Å². The van der Waals surface area contributed by atoms with Crippen LogP contribution in [0.2, 0.25) is 0 Å². The summed E-state index contributed by atoms with van der Waals surface area (Å²) in [5.41, 5.74) is 0. The third-order valence-corrected chi connectivity index (χ3v) is 17.4. The molecule has 0 spiro atoms. The molecule has 0 aliphatic carbocycles. The summed E-state index contributed by atoms with van der Waals surface area (Å²) in [7, 11) is 0. The van der Waals surface area contributed by atoms with Crippen LogP contribution in [0.3, 0.4) is 0 Å². The summed E-state index contributed by atoms with van der Waals surface area (Å²) in [6, 6.07) is 0. The van der Waals surface area contributed by atoms with Crippen LogP contribution in [0.4, 0.5) is 0 Å². The molecule has 3 rings (SSSR count). The van der Waals surface area contributed by atoms with Gasteiger partial charge >= 0.3 is 45.7 Å². The van der Waals surface area contributed by atoms with Crippen LogP contribution in [0, 0.1) is 0 Å². The molecule has 6 heavy (non-hydrogen) atoms. The Hall–Kier alpha value is 1.06. The van der Waals surface area contributed by atoms with Gasteiger partial charge in [0.1, 0.15) is 0 Å². The fourth-order valence-corrected chi connectivity index (χ4v) is 9.18. The van der Waals surface area contributed by atoms with Gasteiger partial charge in [-0.2, -0.15) is 0 Å². The van der Waals surface area contributed by atoms with Gasteiger partial charge in [-0.3, -0.25) is 0 Å². The Morgan fingerprint density at radius 2 is 1.67 bits per heavy atom. The average Bonchev–Trinajstić information content (AvgIpc) is 1.24. The van der Waals surface area contributed by atoms with E-state index < -0.39 is 36.0 Å². The molecule has 3 saturated heterocycles. The number of hydrogen-bond donors (Lipinski definition) is 0. The van der Waals surface area contributed by atoms with Crippen molar-refractivity contribution in [3.05, 3.63) is 0 Å². The summed E-state index contributed by atoms with van der Waals surface area (Å²) in [6.07, 6.45) is 0. The SMILES string of the molecule is O=[As]12[O][Sb]([O]1)[O]2. The van der Waals surface area contributed by atoms with Gasteiger partial charge in [-0.1, -0.05) is 0 Å². The second-order valence-corrected chi connectivity index (χ2v) is 12.4. The molecule has 0 aromatic rings. The van der Waals surface area contributed by atoms with E-state index in [1.54, 1.807) is 0 Å². The molecule has 6 heteroatoms. The molecule has 0 aromatic heterocycles. The van der Waals surface area contributed by atoms with Crippen molar-refractivity contribution >= 4 is 36.0 Å². The first-order valence-corrected chi connectivity index (χ1v) is 7.47. The average molecular weight is 261 g/mol. The fraction of sp³-hybridized carbons (Fsp3) is 0. The van der Waals surface area contributed by atoms with Crippen LogP contribution in [-0.2, 0) is 9.75 Å². The molecule has 0 saturated carbocycles. The Bertz CT molecular complexity index is 106. The van der Waals surface area contributed by atoms with Gasteiger partial charge in [0.25, 0.3) is 0 Å².